The first-order chi connectivity index (χ1) is 10.0. The van der Waals surface area contributed by atoms with Gasteiger partial charge in [-0.2, -0.15) is 0 Å². The molecule has 1 amide bonds. The molecule has 1 aliphatic rings. The maximum atomic E-state index is 12.5. The molecule has 1 heterocycles. The third-order valence-electron chi connectivity index (χ3n) is 3.59. The third kappa shape index (κ3) is 4.04. The van der Waals surface area contributed by atoms with Gasteiger partial charge in [-0.3, -0.25) is 14.5 Å². The average Bonchev–Trinajstić information content (AvgIpc) is 2.49. The number of ether oxygens (including phenoxy) is 1. The zero-order valence-corrected chi connectivity index (χ0v) is 13.9. The van der Waals surface area contributed by atoms with Gasteiger partial charge in [-0.25, -0.2) is 0 Å². The van der Waals surface area contributed by atoms with Gasteiger partial charge < -0.3 is 9.64 Å². The number of aryl methyl sites for hydroxylation is 1. The lowest BCUT2D eigenvalue weighted by Gasteiger charge is -2.34. The average molecular weight is 355 g/mol. The normalized spacial score (nSPS) is 15.9. The van der Waals surface area contributed by atoms with Crippen LogP contribution < -0.4 is 0 Å². The number of hydrogen-bond donors (Lipinski definition) is 0. The molecule has 1 aromatic carbocycles. The van der Waals surface area contributed by atoms with Crippen molar-refractivity contribution in [3.63, 3.8) is 0 Å². The Bertz CT molecular complexity index is 540. The lowest BCUT2D eigenvalue weighted by Crippen LogP contribution is -2.50. The zero-order valence-electron chi connectivity index (χ0n) is 12.3. The second-order valence-corrected chi connectivity index (χ2v) is 5.98. The molecule has 21 heavy (non-hydrogen) atoms. The van der Waals surface area contributed by atoms with Crippen molar-refractivity contribution in [1.82, 2.24) is 9.80 Å². The number of piperazine rings is 1. The van der Waals surface area contributed by atoms with E-state index in [1.165, 1.54) is 7.11 Å². The molecule has 0 unspecified atom stereocenters. The zero-order chi connectivity index (χ0) is 15.4. The highest BCUT2D eigenvalue weighted by Gasteiger charge is 2.24. The summed E-state index contributed by atoms with van der Waals surface area (Å²) in [5.41, 5.74) is 1.75. The van der Waals surface area contributed by atoms with Gasteiger partial charge in [0, 0.05) is 30.7 Å². The van der Waals surface area contributed by atoms with E-state index < -0.39 is 0 Å². The smallest absolute Gasteiger partial charge is 0.319 e. The highest BCUT2D eigenvalue weighted by molar-refractivity contribution is 9.10. The molecule has 1 saturated heterocycles. The number of carbonyl (C=O) groups is 2. The van der Waals surface area contributed by atoms with Gasteiger partial charge in [0.15, 0.2) is 0 Å². The van der Waals surface area contributed by atoms with Crippen LogP contribution in [0.3, 0.4) is 0 Å². The van der Waals surface area contributed by atoms with Crippen LogP contribution in [0.1, 0.15) is 15.9 Å². The van der Waals surface area contributed by atoms with Gasteiger partial charge in [-0.1, -0.05) is 11.6 Å². The second kappa shape index (κ2) is 7.04. The SMILES string of the molecule is COC(=O)CN1CCN(C(=O)c2cc(C)ccc2Br)CC1. The third-order valence-corrected chi connectivity index (χ3v) is 4.28. The van der Waals surface area contributed by atoms with Crippen molar-refractivity contribution < 1.29 is 14.3 Å². The Labute approximate surface area is 133 Å². The van der Waals surface area contributed by atoms with E-state index in [1.54, 1.807) is 0 Å². The van der Waals surface area contributed by atoms with Crippen molar-refractivity contribution in [1.29, 1.82) is 0 Å². The fourth-order valence-electron chi connectivity index (χ4n) is 2.33. The first-order valence-electron chi connectivity index (χ1n) is 6.86. The Balaban J connectivity index is 1.97. The number of rotatable bonds is 3. The van der Waals surface area contributed by atoms with Crippen molar-refractivity contribution in [3.05, 3.63) is 33.8 Å². The summed E-state index contributed by atoms with van der Waals surface area (Å²) in [5, 5.41) is 0. The van der Waals surface area contributed by atoms with Crippen LogP contribution in [0.15, 0.2) is 22.7 Å². The molecule has 0 N–H and O–H groups in total. The Morgan fingerprint density at radius 3 is 2.52 bits per heavy atom. The minimum Gasteiger partial charge on any atom is -0.468 e. The number of halogens is 1. The number of carbonyl (C=O) groups excluding carboxylic acids is 2. The van der Waals surface area contributed by atoms with Crippen LogP contribution >= 0.6 is 15.9 Å². The standard InChI is InChI=1S/C15H19BrN2O3/c1-11-3-4-13(16)12(9-11)15(20)18-7-5-17(6-8-18)10-14(19)21-2/h3-4,9H,5-8,10H2,1-2H3. The largest absolute Gasteiger partial charge is 0.468 e. The molecule has 0 saturated carbocycles. The summed E-state index contributed by atoms with van der Waals surface area (Å²) < 4.78 is 5.47. The van der Waals surface area contributed by atoms with E-state index in [4.69, 9.17) is 0 Å². The summed E-state index contributed by atoms with van der Waals surface area (Å²) in [6.45, 7) is 4.87. The van der Waals surface area contributed by atoms with E-state index in [1.807, 2.05) is 34.9 Å². The minimum atomic E-state index is -0.240. The van der Waals surface area contributed by atoms with E-state index in [0.29, 0.717) is 31.7 Å². The Morgan fingerprint density at radius 2 is 1.90 bits per heavy atom. The summed E-state index contributed by atoms with van der Waals surface area (Å²) >= 11 is 3.43. The van der Waals surface area contributed by atoms with Crippen LogP contribution in [0.25, 0.3) is 0 Å². The highest BCUT2D eigenvalue weighted by atomic mass is 79.9. The van der Waals surface area contributed by atoms with Crippen LogP contribution in [0, 0.1) is 6.92 Å². The monoisotopic (exact) mass is 354 g/mol. The molecular formula is C15H19BrN2O3. The summed E-state index contributed by atoms with van der Waals surface area (Å²) in [6, 6.07) is 5.76. The molecule has 1 aromatic rings. The number of amides is 1. The molecule has 5 nitrogen and oxygen atoms in total. The van der Waals surface area contributed by atoms with E-state index in [0.717, 1.165) is 10.0 Å². The maximum absolute atomic E-state index is 12.5. The predicted molar refractivity (Wildman–Crippen MR) is 83.2 cm³/mol. The van der Waals surface area contributed by atoms with Crippen LogP contribution in [-0.2, 0) is 9.53 Å². The molecule has 0 atom stereocenters. The maximum Gasteiger partial charge on any atom is 0.319 e. The van der Waals surface area contributed by atoms with Gasteiger partial charge in [0.05, 0.1) is 19.2 Å². The second-order valence-electron chi connectivity index (χ2n) is 5.13. The number of methoxy groups -OCH3 is 1. The number of hydrogen-bond acceptors (Lipinski definition) is 4. The summed E-state index contributed by atoms with van der Waals surface area (Å²) in [7, 11) is 1.39. The Hall–Kier alpha value is -1.40. The molecule has 1 fully saturated rings. The van der Waals surface area contributed by atoms with E-state index in [2.05, 4.69) is 20.7 Å². The fraction of sp³-hybridized carbons (Fsp3) is 0.467. The highest BCUT2D eigenvalue weighted by Crippen LogP contribution is 2.20. The molecule has 1 aliphatic heterocycles. The van der Waals surface area contributed by atoms with Gasteiger partial charge in [0.2, 0.25) is 0 Å². The molecule has 114 valence electrons. The summed E-state index contributed by atoms with van der Waals surface area (Å²) in [4.78, 5) is 27.6. The first kappa shape index (κ1) is 16.0. The van der Waals surface area contributed by atoms with Crippen LogP contribution in [0.4, 0.5) is 0 Å². The molecule has 0 aromatic heterocycles. The molecular weight excluding hydrogens is 336 g/mol. The topological polar surface area (TPSA) is 49.9 Å². The Kier molecular flexibility index (Phi) is 5.36. The van der Waals surface area contributed by atoms with Crippen molar-refractivity contribution in [2.45, 2.75) is 6.92 Å². The Morgan fingerprint density at radius 1 is 1.24 bits per heavy atom. The van der Waals surface area contributed by atoms with Crippen molar-refractivity contribution in [2.24, 2.45) is 0 Å². The minimum absolute atomic E-state index is 0.0308. The molecule has 2 rings (SSSR count). The van der Waals surface area contributed by atoms with Crippen molar-refractivity contribution >= 4 is 27.8 Å². The van der Waals surface area contributed by atoms with Gasteiger partial charge in [-0.15, -0.1) is 0 Å². The first-order valence-corrected chi connectivity index (χ1v) is 7.65. The lowest BCUT2D eigenvalue weighted by atomic mass is 10.1. The summed E-state index contributed by atoms with van der Waals surface area (Å²) in [5.74, 6) is -0.209. The lowest BCUT2D eigenvalue weighted by molar-refractivity contribution is -0.142. The molecule has 0 radical (unpaired) electrons. The molecule has 0 aliphatic carbocycles. The van der Waals surface area contributed by atoms with E-state index in [-0.39, 0.29) is 18.4 Å². The van der Waals surface area contributed by atoms with Crippen molar-refractivity contribution in [2.75, 3.05) is 39.8 Å². The van der Waals surface area contributed by atoms with Crippen LogP contribution in [0.5, 0.6) is 0 Å². The van der Waals surface area contributed by atoms with E-state index in [9.17, 15) is 9.59 Å². The van der Waals surface area contributed by atoms with Crippen LogP contribution in [-0.4, -0.2) is 61.5 Å². The van der Waals surface area contributed by atoms with Gasteiger partial charge in [-0.05, 0) is 35.0 Å². The van der Waals surface area contributed by atoms with Crippen molar-refractivity contribution in [3.8, 4) is 0 Å². The number of benzene rings is 1. The number of nitrogens with zero attached hydrogens (tertiary/aromatic N) is 2. The summed E-state index contributed by atoms with van der Waals surface area (Å²) in [6.07, 6.45) is 0. The molecule has 0 bridgehead atoms. The van der Waals surface area contributed by atoms with Gasteiger partial charge in [0.1, 0.15) is 0 Å². The predicted octanol–water partition coefficient (Wildman–Crippen LogP) is 1.69. The van der Waals surface area contributed by atoms with Crippen LogP contribution in [0.2, 0.25) is 0 Å². The fourth-order valence-corrected chi connectivity index (χ4v) is 2.75. The quantitative estimate of drug-likeness (QED) is 0.775. The molecule has 0 spiro atoms. The number of esters is 1. The van der Waals surface area contributed by atoms with Gasteiger partial charge >= 0.3 is 5.97 Å². The molecule has 6 heteroatoms. The van der Waals surface area contributed by atoms with Gasteiger partial charge in [0.25, 0.3) is 5.91 Å². The van der Waals surface area contributed by atoms with E-state index >= 15 is 0 Å².